The number of halogens is 1. The van der Waals surface area contributed by atoms with Crippen molar-refractivity contribution in [1.82, 2.24) is 14.5 Å². The van der Waals surface area contributed by atoms with E-state index in [2.05, 4.69) is 4.98 Å². The quantitative estimate of drug-likeness (QED) is 0.543. The third kappa shape index (κ3) is 3.30. The van der Waals surface area contributed by atoms with Crippen LogP contribution in [0.2, 0.25) is 0 Å². The van der Waals surface area contributed by atoms with E-state index in [1.807, 2.05) is 0 Å². The van der Waals surface area contributed by atoms with Gasteiger partial charge in [-0.1, -0.05) is 24.3 Å². The molecule has 0 aliphatic rings. The first-order chi connectivity index (χ1) is 14.4. The van der Waals surface area contributed by atoms with Gasteiger partial charge in [0, 0.05) is 12.4 Å². The number of rotatable bonds is 5. The minimum absolute atomic E-state index is 0.0331. The maximum Gasteiger partial charge on any atom is 0.297 e. The van der Waals surface area contributed by atoms with E-state index in [9.17, 15) is 18.8 Å². The summed E-state index contributed by atoms with van der Waals surface area (Å²) in [5.41, 5.74) is 6.10. The van der Waals surface area contributed by atoms with Crippen LogP contribution in [0.3, 0.4) is 0 Å². The van der Waals surface area contributed by atoms with E-state index in [0.29, 0.717) is 16.5 Å². The van der Waals surface area contributed by atoms with E-state index in [1.54, 1.807) is 24.3 Å². The lowest BCUT2D eigenvalue weighted by Crippen LogP contribution is -2.41. The van der Waals surface area contributed by atoms with Gasteiger partial charge in [-0.15, -0.1) is 0 Å². The van der Waals surface area contributed by atoms with Gasteiger partial charge in [0.15, 0.2) is 0 Å². The Kier molecular flexibility index (Phi) is 4.78. The molecule has 0 bridgehead atoms. The van der Waals surface area contributed by atoms with Gasteiger partial charge in [0.2, 0.25) is 17.4 Å². The minimum atomic E-state index is -1.19. The van der Waals surface area contributed by atoms with Crippen LogP contribution in [0, 0.1) is 5.82 Å². The number of fused-ring (bicyclic) bond motifs is 3. The molecule has 0 aliphatic carbocycles. The van der Waals surface area contributed by atoms with Crippen molar-refractivity contribution in [3.05, 3.63) is 76.6 Å². The lowest BCUT2D eigenvalue weighted by Gasteiger charge is -2.26. The van der Waals surface area contributed by atoms with Gasteiger partial charge in [-0.3, -0.25) is 19.0 Å². The first-order valence-electron chi connectivity index (χ1n) is 9.04. The molecule has 2 aromatic carbocycles. The summed E-state index contributed by atoms with van der Waals surface area (Å²) in [6.07, 6.45) is 1.25. The van der Waals surface area contributed by atoms with Gasteiger partial charge >= 0.3 is 0 Å². The summed E-state index contributed by atoms with van der Waals surface area (Å²) in [6.45, 7) is -0.394. The second-order valence-corrected chi connectivity index (χ2v) is 6.82. The zero-order valence-electron chi connectivity index (χ0n) is 15.9. The van der Waals surface area contributed by atoms with Crippen LogP contribution < -0.4 is 11.3 Å². The van der Waals surface area contributed by atoms with Crippen LogP contribution in [-0.2, 0) is 16.1 Å². The highest BCUT2D eigenvalue weighted by molar-refractivity contribution is 6.01. The smallest absolute Gasteiger partial charge is 0.297 e. The molecule has 0 saturated heterocycles. The molecule has 30 heavy (non-hydrogen) atoms. The third-order valence-electron chi connectivity index (χ3n) is 4.87. The van der Waals surface area contributed by atoms with Crippen molar-refractivity contribution in [1.29, 1.82) is 0 Å². The molecule has 2 aromatic heterocycles. The first-order valence-corrected chi connectivity index (χ1v) is 9.04. The van der Waals surface area contributed by atoms with Crippen molar-refractivity contribution >= 4 is 33.9 Å². The number of carbonyl (C=O) groups excluding carboxylic acids is 2. The molecule has 9 heteroatoms. The standard InChI is InChI=1S/C21H17FN4O4/c1-25(18(20(23)28)12-5-4-6-13(22)9-12)16(27)10-26-11-24-17-14-7-2-3-8-15(14)30-19(17)21(26)29/h2-9,11,18H,10H2,1H3,(H2,23,28). The lowest BCUT2D eigenvalue weighted by molar-refractivity contribution is -0.138. The molecule has 2 heterocycles. The van der Waals surface area contributed by atoms with Crippen molar-refractivity contribution in [3.63, 3.8) is 0 Å². The van der Waals surface area contributed by atoms with Gasteiger partial charge in [0.25, 0.3) is 5.56 Å². The normalized spacial score (nSPS) is 12.2. The van der Waals surface area contributed by atoms with Gasteiger partial charge in [0.05, 0.1) is 6.33 Å². The SMILES string of the molecule is CN(C(=O)Cn1cnc2c(oc3ccccc32)c1=O)C(C(N)=O)c1cccc(F)c1. The zero-order chi connectivity index (χ0) is 21.4. The second-order valence-electron chi connectivity index (χ2n) is 6.82. The van der Waals surface area contributed by atoms with Crippen molar-refractivity contribution in [2.45, 2.75) is 12.6 Å². The van der Waals surface area contributed by atoms with Gasteiger partial charge < -0.3 is 15.1 Å². The Bertz CT molecular complexity index is 1340. The van der Waals surface area contributed by atoms with Gasteiger partial charge in [-0.25, -0.2) is 9.37 Å². The average Bonchev–Trinajstić information content (AvgIpc) is 3.09. The Morgan fingerprint density at radius 3 is 2.73 bits per heavy atom. The number of furan rings is 1. The van der Waals surface area contributed by atoms with Crippen LogP contribution in [0.15, 0.2) is 64.1 Å². The predicted molar refractivity (Wildman–Crippen MR) is 107 cm³/mol. The lowest BCUT2D eigenvalue weighted by atomic mass is 10.0. The molecule has 1 unspecified atom stereocenters. The number of likely N-dealkylation sites (N-methyl/N-ethyl adjacent to an activating group) is 1. The van der Waals surface area contributed by atoms with Gasteiger partial charge in [0.1, 0.15) is 29.5 Å². The zero-order valence-corrected chi connectivity index (χ0v) is 15.9. The molecule has 0 radical (unpaired) electrons. The van der Waals surface area contributed by atoms with Crippen molar-refractivity contribution in [3.8, 4) is 0 Å². The Morgan fingerprint density at radius 1 is 1.23 bits per heavy atom. The third-order valence-corrected chi connectivity index (χ3v) is 4.87. The number of hydrogen-bond acceptors (Lipinski definition) is 5. The fourth-order valence-corrected chi connectivity index (χ4v) is 3.38. The Morgan fingerprint density at radius 2 is 2.00 bits per heavy atom. The fraction of sp³-hybridized carbons (Fsp3) is 0.143. The number of nitrogens with two attached hydrogens (primary N) is 1. The largest absolute Gasteiger partial charge is 0.448 e. The Hall–Kier alpha value is -4.01. The van der Waals surface area contributed by atoms with E-state index in [1.165, 1.54) is 31.6 Å². The summed E-state index contributed by atoms with van der Waals surface area (Å²) >= 11 is 0. The summed E-state index contributed by atoms with van der Waals surface area (Å²) in [4.78, 5) is 42.9. The molecule has 0 aliphatic heterocycles. The fourth-order valence-electron chi connectivity index (χ4n) is 3.38. The van der Waals surface area contributed by atoms with Gasteiger partial charge in [-0.05, 0) is 29.8 Å². The first kappa shape index (κ1) is 19.3. The summed E-state index contributed by atoms with van der Waals surface area (Å²) < 4.78 is 20.3. The second kappa shape index (κ2) is 7.43. The minimum Gasteiger partial charge on any atom is -0.448 e. The van der Waals surface area contributed by atoms with Crippen LogP contribution in [0.4, 0.5) is 4.39 Å². The number of nitrogens with zero attached hydrogens (tertiary/aromatic N) is 3. The molecule has 152 valence electrons. The van der Waals surface area contributed by atoms with Gasteiger partial charge in [-0.2, -0.15) is 0 Å². The maximum atomic E-state index is 13.6. The molecular weight excluding hydrogens is 391 g/mol. The highest BCUT2D eigenvalue weighted by atomic mass is 19.1. The summed E-state index contributed by atoms with van der Waals surface area (Å²) in [7, 11) is 1.36. The molecule has 4 aromatic rings. The molecule has 0 saturated carbocycles. The summed E-state index contributed by atoms with van der Waals surface area (Å²) in [6, 6.07) is 11.2. The van der Waals surface area contributed by atoms with Crippen molar-refractivity contribution < 1.29 is 18.4 Å². The number of carbonyl (C=O) groups is 2. The van der Waals surface area contributed by atoms with Crippen LogP contribution >= 0.6 is 0 Å². The topological polar surface area (TPSA) is 111 Å². The molecule has 1 atom stereocenters. The summed E-state index contributed by atoms with van der Waals surface area (Å²) in [5.74, 6) is -1.97. The highest BCUT2D eigenvalue weighted by Gasteiger charge is 2.27. The number of primary amides is 1. The van der Waals surface area contributed by atoms with Crippen LogP contribution in [0.25, 0.3) is 22.1 Å². The van der Waals surface area contributed by atoms with Crippen LogP contribution in [0.1, 0.15) is 11.6 Å². The monoisotopic (exact) mass is 408 g/mol. The number of amides is 2. The predicted octanol–water partition coefficient (Wildman–Crippen LogP) is 1.97. The number of para-hydroxylation sites is 1. The molecular formula is C21H17FN4O4. The number of aromatic nitrogens is 2. The highest BCUT2D eigenvalue weighted by Crippen LogP contribution is 2.24. The van der Waals surface area contributed by atoms with E-state index in [4.69, 9.17) is 10.2 Å². The van der Waals surface area contributed by atoms with E-state index >= 15 is 0 Å². The molecule has 0 fully saturated rings. The molecule has 4 rings (SSSR count). The maximum absolute atomic E-state index is 13.6. The Balaban J connectivity index is 1.66. The average molecular weight is 408 g/mol. The number of hydrogen-bond donors (Lipinski definition) is 1. The van der Waals surface area contributed by atoms with E-state index < -0.39 is 35.8 Å². The number of benzene rings is 2. The van der Waals surface area contributed by atoms with Crippen molar-refractivity contribution in [2.24, 2.45) is 5.73 Å². The molecule has 2 amide bonds. The summed E-state index contributed by atoms with van der Waals surface area (Å²) in [5, 5.41) is 0.695. The van der Waals surface area contributed by atoms with E-state index in [0.717, 1.165) is 15.5 Å². The van der Waals surface area contributed by atoms with Crippen molar-refractivity contribution in [2.75, 3.05) is 7.05 Å². The Labute approximate surface area is 169 Å². The van der Waals surface area contributed by atoms with E-state index in [-0.39, 0.29) is 11.1 Å². The molecule has 2 N–H and O–H groups in total. The molecule has 0 spiro atoms. The molecule has 8 nitrogen and oxygen atoms in total. The van der Waals surface area contributed by atoms with Crippen LogP contribution in [-0.4, -0.2) is 33.3 Å². The van der Waals surface area contributed by atoms with Crippen LogP contribution in [0.5, 0.6) is 0 Å².